The highest BCUT2D eigenvalue weighted by molar-refractivity contribution is 5.85. The van der Waals surface area contributed by atoms with Crippen molar-refractivity contribution in [3.63, 3.8) is 0 Å². The molecule has 3 fully saturated rings. The number of nitrogens with zero attached hydrogens (tertiary/aromatic N) is 3. The summed E-state index contributed by atoms with van der Waals surface area (Å²) in [5.41, 5.74) is -0.362. The highest BCUT2D eigenvalue weighted by Gasteiger charge is 2.44. The monoisotopic (exact) mass is 409 g/mol. The minimum absolute atomic E-state index is 0. The lowest BCUT2D eigenvalue weighted by Gasteiger charge is -2.49. The van der Waals surface area contributed by atoms with E-state index < -0.39 is 5.54 Å². The van der Waals surface area contributed by atoms with Gasteiger partial charge in [0.25, 0.3) is 0 Å². The quantitative estimate of drug-likeness (QED) is 0.784. The van der Waals surface area contributed by atoms with Gasteiger partial charge in [-0.1, -0.05) is 25.7 Å². The Morgan fingerprint density at radius 3 is 2.32 bits per heavy atom. The molecule has 1 saturated carbocycles. The van der Waals surface area contributed by atoms with Crippen LogP contribution in [0.25, 0.3) is 0 Å². The minimum atomic E-state index is -0.535. The van der Waals surface area contributed by atoms with E-state index in [1.54, 1.807) is 6.20 Å². The first kappa shape index (κ1) is 21.6. The average molecular weight is 410 g/mol. The molecule has 0 atom stereocenters. The van der Waals surface area contributed by atoms with Crippen LogP contribution in [-0.4, -0.2) is 58.9 Å². The van der Waals surface area contributed by atoms with Gasteiger partial charge in [0, 0.05) is 24.5 Å². The first-order valence-corrected chi connectivity index (χ1v) is 11.0. The fourth-order valence-corrected chi connectivity index (χ4v) is 5.51. The molecule has 1 amide bonds. The van der Waals surface area contributed by atoms with Crippen molar-refractivity contribution in [2.75, 3.05) is 32.7 Å². The molecule has 0 bridgehead atoms. The fourth-order valence-electron chi connectivity index (χ4n) is 5.51. The maximum absolute atomic E-state index is 13.5. The van der Waals surface area contributed by atoms with Crippen LogP contribution in [0.15, 0.2) is 18.5 Å². The van der Waals surface area contributed by atoms with Crippen molar-refractivity contribution in [1.29, 1.82) is 0 Å². The van der Waals surface area contributed by atoms with Crippen LogP contribution in [0.2, 0.25) is 0 Å². The van der Waals surface area contributed by atoms with E-state index in [9.17, 15) is 4.79 Å². The smallest absolute Gasteiger partial charge is 0.248 e. The summed E-state index contributed by atoms with van der Waals surface area (Å²) >= 11 is 0. The predicted molar refractivity (Wildman–Crippen MR) is 114 cm³/mol. The van der Waals surface area contributed by atoms with Crippen LogP contribution in [0.3, 0.4) is 0 Å². The van der Waals surface area contributed by atoms with E-state index in [4.69, 9.17) is 0 Å². The fraction of sp³-hybridized carbons (Fsp3) is 0.810. The lowest BCUT2D eigenvalue weighted by molar-refractivity contribution is -0.133. The lowest BCUT2D eigenvalue weighted by Crippen LogP contribution is -2.61. The zero-order valence-corrected chi connectivity index (χ0v) is 17.8. The van der Waals surface area contributed by atoms with Gasteiger partial charge >= 0.3 is 0 Å². The second-order valence-electron chi connectivity index (χ2n) is 8.75. The average Bonchev–Trinajstić information content (AvgIpc) is 3.29. The number of rotatable bonds is 5. The van der Waals surface area contributed by atoms with Gasteiger partial charge in [0.2, 0.25) is 5.91 Å². The Kier molecular flexibility index (Phi) is 7.40. The van der Waals surface area contributed by atoms with Crippen LogP contribution in [0.4, 0.5) is 0 Å². The first-order chi connectivity index (χ1) is 13.3. The van der Waals surface area contributed by atoms with E-state index in [0.717, 1.165) is 32.5 Å². The Bertz CT molecular complexity index is 602. The molecule has 158 valence electrons. The van der Waals surface area contributed by atoms with Crippen molar-refractivity contribution in [2.45, 2.75) is 75.3 Å². The molecular weight excluding hydrogens is 374 g/mol. The summed E-state index contributed by atoms with van der Waals surface area (Å²) in [6, 6.07) is 1.92. The summed E-state index contributed by atoms with van der Waals surface area (Å²) in [5.74, 6) is 0.162. The van der Waals surface area contributed by atoms with E-state index in [2.05, 4.69) is 20.6 Å². The summed E-state index contributed by atoms with van der Waals surface area (Å²) < 4.78 is 1.90. The van der Waals surface area contributed by atoms with Crippen molar-refractivity contribution >= 4 is 18.3 Å². The van der Waals surface area contributed by atoms with Crippen LogP contribution < -0.4 is 10.6 Å². The van der Waals surface area contributed by atoms with E-state index in [1.807, 2.05) is 16.9 Å². The third-order valence-electron chi connectivity index (χ3n) is 7.19. The van der Waals surface area contributed by atoms with Crippen LogP contribution in [0, 0.1) is 0 Å². The number of likely N-dealkylation sites (tertiary alicyclic amines) is 1. The van der Waals surface area contributed by atoms with Crippen LogP contribution in [-0.2, 0) is 10.3 Å². The van der Waals surface area contributed by atoms with Gasteiger partial charge < -0.3 is 10.6 Å². The van der Waals surface area contributed by atoms with Crippen molar-refractivity contribution in [2.24, 2.45) is 0 Å². The summed E-state index contributed by atoms with van der Waals surface area (Å²) in [6.07, 6.45) is 15.7. The number of carbonyl (C=O) groups is 1. The number of aromatic nitrogens is 2. The van der Waals surface area contributed by atoms with Crippen molar-refractivity contribution in [1.82, 2.24) is 25.3 Å². The zero-order chi connectivity index (χ0) is 18.6. The molecule has 2 aliphatic heterocycles. The zero-order valence-electron chi connectivity index (χ0n) is 17.0. The Morgan fingerprint density at radius 2 is 1.68 bits per heavy atom. The van der Waals surface area contributed by atoms with Gasteiger partial charge in [-0.3, -0.25) is 14.4 Å². The molecule has 2 N–H and O–H groups in total. The molecule has 7 heteroatoms. The van der Waals surface area contributed by atoms with Crippen LogP contribution in [0.5, 0.6) is 0 Å². The van der Waals surface area contributed by atoms with Crippen molar-refractivity contribution < 1.29 is 4.79 Å². The summed E-state index contributed by atoms with van der Waals surface area (Å²) in [5, 5.41) is 11.3. The number of nitrogens with one attached hydrogen (secondary N) is 2. The standard InChI is InChI=1S/C21H35N5O.ClH/c27-19(21(10-13-22-14-11-21)26-17-7-12-24-26)23-18-20(8-3-1-4-9-20)25-15-5-2-6-16-25;/h7,12,17,22H,1-6,8-11,13-16,18H2,(H,23,27);1H. The van der Waals surface area contributed by atoms with Gasteiger partial charge in [0.05, 0.1) is 0 Å². The molecule has 1 aromatic heterocycles. The molecule has 0 radical (unpaired) electrons. The maximum Gasteiger partial charge on any atom is 0.248 e. The van der Waals surface area contributed by atoms with Gasteiger partial charge in [-0.05, 0) is 70.8 Å². The van der Waals surface area contributed by atoms with Gasteiger partial charge in [-0.25, -0.2) is 0 Å². The highest BCUT2D eigenvalue weighted by Crippen LogP contribution is 2.36. The molecule has 1 aliphatic carbocycles. The number of hydrogen-bond acceptors (Lipinski definition) is 4. The Balaban J connectivity index is 0.00000225. The third kappa shape index (κ3) is 4.24. The number of amides is 1. The topological polar surface area (TPSA) is 62.2 Å². The minimum Gasteiger partial charge on any atom is -0.352 e. The van der Waals surface area contributed by atoms with E-state index in [-0.39, 0.29) is 23.9 Å². The molecule has 4 rings (SSSR count). The molecule has 3 aliphatic rings. The Hall–Kier alpha value is -1.11. The van der Waals surface area contributed by atoms with Gasteiger partial charge in [0.15, 0.2) is 0 Å². The number of carbonyl (C=O) groups excluding carboxylic acids is 1. The predicted octanol–water partition coefficient (Wildman–Crippen LogP) is 2.69. The van der Waals surface area contributed by atoms with E-state index in [1.165, 1.54) is 64.5 Å². The molecular formula is C21H36ClN5O. The summed E-state index contributed by atoms with van der Waals surface area (Å²) in [6.45, 7) is 4.92. The van der Waals surface area contributed by atoms with Gasteiger partial charge in [-0.2, -0.15) is 5.10 Å². The van der Waals surface area contributed by atoms with Crippen molar-refractivity contribution in [3.05, 3.63) is 18.5 Å². The maximum atomic E-state index is 13.5. The van der Waals surface area contributed by atoms with Crippen LogP contribution in [0.1, 0.15) is 64.2 Å². The SMILES string of the molecule is Cl.O=C(NCC1(N2CCCCC2)CCCCC1)C1(n2cccn2)CCNCC1. The normalized spacial score (nSPS) is 24.9. The van der Waals surface area contributed by atoms with Crippen LogP contribution >= 0.6 is 12.4 Å². The Morgan fingerprint density at radius 1 is 1.00 bits per heavy atom. The molecule has 0 spiro atoms. The van der Waals surface area contributed by atoms with Gasteiger partial charge in [0.1, 0.15) is 5.54 Å². The van der Waals surface area contributed by atoms with Gasteiger partial charge in [-0.15, -0.1) is 12.4 Å². The molecule has 28 heavy (non-hydrogen) atoms. The molecule has 3 heterocycles. The largest absolute Gasteiger partial charge is 0.352 e. The molecule has 6 nitrogen and oxygen atoms in total. The Labute approximate surface area is 175 Å². The van der Waals surface area contributed by atoms with E-state index >= 15 is 0 Å². The molecule has 2 saturated heterocycles. The number of piperidine rings is 2. The number of hydrogen-bond donors (Lipinski definition) is 2. The van der Waals surface area contributed by atoms with Crippen molar-refractivity contribution in [3.8, 4) is 0 Å². The second kappa shape index (κ2) is 9.59. The lowest BCUT2D eigenvalue weighted by atomic mass is 9.78. The molecule has 0 unspecified atom stereocenters. The summed E-state index contributed by atoms with van der Waals surface area (Å²) in [4.78, 5) is 16.2. The summed E-state index contributed by atoms with van der Waals surface area (Å²) in [7, 11) is 0. The molecule has 1 aromatic rings. The number of halogens is 1. The highest BCUT2D eigenvalue weighted by atomic mass is 35.5. The molecule has 0 aromatic carbocycles. The second-order valence-corrected chi connectivity index (χ2v) is 8.75. The third-order valence-corrected chi connectivity index (χ3v) is 7.19. The first-order valence-electron chi connectivity index (χ1n) is 11.0. The van der Waals surface area contributed by atoms with E-state index in [0.29, 0.717) is 0 Å².